The van der Waals surface area contributed by atoms with Crippen LogP contribution in [-0.2, 0) is 11.3 Å². The molecule has 20 heavy (non-hydrogen) atoms. The van der Waals surface area contributed by atoms with Crippen molar-refractivity contribution in [3.05, 3.63) is 15.1 Å². The van der Waals surface area contributed by atoms with Crippen LogP contribution >= 0.6 is 46.1 Å². The summed E-state index contributed by atoms with van der Waals surface area (Å²) in [6, 6.07) is 0. The highest BCUT2D eigenvalue weighted by Crippen LogP contribution is 2.43. The van der Waals surface area contributed by atoms with Crippen LogP contribution in [0.3, 0.4) is 0 Å². The Morgan fingerprint density at radius 3 is 2.75 bits per heavy atom. The molecular formula is C13H20IN3OS2. The fourth-order valence-electron chi connectivity index (χ4n) is 2.18. The molecule has 0 aromatic carbocycles. The van der Waals surface area contributed by atoms with Crippen molar-refractivity contribution in [3.8, 4) is 0 Å². The SMILES string of the molecule is CCC1SCCSC1c1nc(COC)c(I)c(NC)n1. The first-order valence-electron chi connectivity index (χ1n) is 6.67. The second-order valence-corrected chi connectivity index (χ2v) is 8.16. The molecule has 0 radical (unpaired) electrons. The van der Waals surface area contributed by atoms with Crippen molar-refractivity contribution >= 4 is 51.9 Å². The lowest BCUT2D eigenvalue weighted by molar-refractivity contribution is 0.180. The topological polar surface area (TPSA) is 47.0 Å². The molecule has 1 fully saturated rings. The van der Waals surface area contributed by atoms with Crippen LogP contribution in [0.1, 0.15) is 30.1 Å². The first-order chi connectivity index (χ1) is 9.71. The average molecular weight is 425 g/mol. The van der Waals surface area contributed by atoms with Crippen molar-refractivity contribution < 1.29 is 4.74 Å². The predicted molar refractivity (Wildman–Crippen MR) is 96.7 cm³/mol. The van der Waals surface area contributed by atoms with Gasteiger partial charge in [0.1, 0.15) is 11.6 Å². The molecule has 0 bridgehead atoms. The van der Waals surface area contributed by atoms with E-state index in [2.05, 4.69) is 34.8 Å². The van der Waals surface area contributed by atoms with Gasteiger partial charge in [0.15, 0.2) is 0 Å². The summed E-state index contributed by atoms with van der Waals surface area (Å²) in [6.45, 7) is 2.78. The second kappa shape index (κ2) is 8.05. The highest BCUT2D eigenvalue weighted by molar-refractivity contribution is 14.1. The van der Waals surface area contributed by atoms with Crippen LogP contribution in [0.15, 0.2) is 0 Å². The highest BCUT2D eigenvalue weighted by Gasteiger charge is 2.29. The number of aromatic nitrogens is 2. The van der Waals surface area contributed by atoms with Crippen LogP contribution in [-0.4, -0.2) is 40.9 Å². The minimum Gasteiger partial charge on any atom is -0.378 e. The molecule has 0 amide bonds. The van der Waals surface area contributed by atoms with Crippen LogP contribution in [0, 0.1) is 3.57 Å². The molecule has 1 aromatic rings. The number of hydrogen-bond donors (Lipinski definition) is 1. The molecular weight excluding hydrogens is 405 g/mol. The van der Waals surface area contributed by atoms with Crippen molar-refractivity contribution in [1.82, 2.24) is 9.97 Å². The van der Waals surface area contributed by atoms with E-state index < -0.39 is 0 Å². The van der Waals surface area contributed by atoms with E-state index >= 15 is 0 Å². The highest BCUT2D eigenvalue weighted by atomic mass is 127. The van der Waals surface area contributed by atoms with E-state index in [4.69, 9.17) is 14.7 Å². The van der Waals surface area contributed by atoms with Crippen molar-refractivity contribution in [2.75, 3.05) is 31.0 Å². The number of rotatable bonds is 5. The maximum atomic E-state index is 5.27. The van der Waals surface area contributed by atoms with Crippen LogP contribution in [0.25, 0.3) is 0 Å². The lowest BCUT2D eigenvalue weighted by Gasteiger charge is -2.29. The minimum absolute atomic E-state index is 0.387. The molecule has 2 atom stereocenters. The predicted octanol–water partition coefficient (Wildman–Crippen LogP) is 3.57. The van der Waals surface area contributed by atoms with Gasteiger partial charge in [0, 0.05) is 30.9 Å². The fourth-order valence-corrected chi connectivity index (χ4v) is 5.84. The van der Waals surface area contributed by atoms with E-state index in [0.717, 1.165) is 27.3 Å². The summed E-state index contributed by atoms with van der Waals surface area (Å²) in [5.41, 5.74) is 0.980. The number of thioether (sulfide) groups is 2. The lowest BCUT2D eigenvalue weighted by Crippen LogP contribution is -2.22. The number of methoxy groups -OCH3 is 1. The van der Waals surface area contributed by atoms with Gasteiger partial charge in [0.2, 0.25) is 0 Å². The lowest BCUT2D eigenvalue weighted by atomic mass is 10.2. The van der Waals surface area contributed by atoms with Crippen LogP contribution < -0.4 is 5.32 Å². The zero-order chi connectivity index (χ0) is 14.5. The number of nitrogens with zero attached hydrogens (tertiary/aromatic N) is 2. The zero-order valence-corrected chi connectivity index (χ0v) is 15.8. The van der Waals surface area contributed by atoms with Gasteiger partial charge < -0.3 is 10.1 Å². The molecule has 1 aliphatic heterocycles. The van der Waals surface area contributed by atoms with Gasteiger partial charge >= 0.3 is 0 Å². The molecule has 2 unspecified atom stereocenters. The molecule has 2 rings (SSSR count). The average Bonchev–Trinajstić information content (AvgIpc) is 2.49. The van der Waals surface area contributed by atoms with Crippen LogP contribution in [0.5, 0.6) is 0 Å². The zero-order valence-electron chi connectivity index (χ0n) is 12.0. The third kappa shape index (κ3) is 3.72. The van der Waals surface area contributed by atoms with Gasteiger partial charge in [-0.2, -0.15) is 11.8 Å². The summed E-state index contributed by atoms with van der Waals surface area (Å²) in [5, 5.41) is 4.17. The summed E-state index contributed by atoms with van der Waals surface area (Å²) < 4.78 is 6.32. The Morgan fingerprint density at radius 2 is 2.10 bits per heavy atom. The van der Waals surface area contributed by atoms with E-state index in [-0.39, 0.29) is 0 Å². The van der Waals surface area contributed by atoms with Gasteiger partial charge in [0.05, 0.1) is 21.1 Å². The number of anilines is 1. The Balaban J connectivity index is 2.36. The summed E-state index contributed by atoms with van der Waals surface area (Å²) in [5.74, 6) is 4.27. The van der Waals surface area contributed by atoms with Crippen LogP contribution in [0.4, 0.5) is 5.82 Å². The molecule has 0 saturated carbocycles. The Morgan fingerprint density at radius 1 is 1.35 bits per heavy atom. The van der Waals surface area contributed by atoms with Gasteiger partial charge in [-0.25, -0.2) is 9.97 Å². The Bertz CT molecular complexity index is 461. The number of ether oxygens (including phenoxy) is 1. The van der Waals surface area contributed by atoms with Gasteiger partial charge in [-0.15, -0.1) is 11.8 Å². The quantitative estimate of drug-likeness (QED) is 0.728. The van der Waals surface area contributed by atoms with Gasteiger partial charge in [-0.05, 0) is 29.0 Å². The first kappa shape index (κ1) is 16.6. The minimum atomic E-state index is 0.387. The van der Waals surface area contributed by atoms with Gasteiger partial charge in [-0.1, -0.05) is 6.92 Å². The molecule has 1 saturated heterocycles. The maximum Gasteiger partial charge on any atom is 0.145 e. The molecule has 7 heteroatoms. The maximum absolute atomic E-state index is 5.27. The van der Waals surface area contributed by atoms with Crippen molar-refractivity contribution in [1.29, 1.82) is 0 Å². The fraction of sp³-hybridized carbons (Fsp3) is 0.692. The third-order valence-corrected chi connectivity index (χ3v) is 7.54. The second-order valence-electron chi connectivity index (χ2n) is 4.48. The number of hydrogen-bond acceptors (Lipinski definition) is 6. The Hall–Kier alpha value is 0.270. The molecule has 112 valence electrons. The monoisotopic (exact) mass is 425 g/mol. The van der Waals surface area contributed by atoms with Crippen LogP contribution in [0.2, 0.25) is 0 Å². The van der Waals surface area contributed by atoms with Gasteiger partial charge in [-0.3, -0.25) is 0 Å². The van der Waals surface area contributed by atoms with Gasteiger partial charge in [0.25, 0.3) is 0 Å². The van der Waals surface area contributed by atoms with Crippen molar-refractivity contribution in [2.24, 2.45) is 0 Å². The van der Waals surface area contributed by atoms with E-state index in [9.17, 15) is 0 Å². The molecule has 4 nitrogen and oxygen atoms in total. The Kier molecular flexibility index (Phi) is 6.70. The van der Waals surface area contributed by atoms with Crippen molar-refractivity contribution in [3.63, 3.8) is 0 Å². The molecule has 1 aromatic heterocycles. The summed E-state index contributed by atoms with van der Waals surface area (Å²) in [4.78, 5) is 9.51. The summed E-state index contributed by atoms with van der Waals surface area (Å²) in [6.07, 6.45) is 1.16. The third-order valence-electron chi connectivity index (χ3n) is 3.16. The molecule has 2 heterocycles. The largest absolute Gasteiger partial charge is 0.378 e. The smallest absolute Gasteiger partial charge is 0.145 e. The number of halogens is 1. The molecule has 0 aliphatic carbocycles. The summed E-state index contributed by atoms with van der Waals surface area (Å²) in [7, 11) is 3.61. The standard InChI is InChI=1S/C13H20IN3OS2/c1-4-9-11(20-6-5-19-9)13-16-8(7-18-3)10(14)12(15-2)17-13/h9,11H,4-7H2,1-3H3,(H,15,16,17). The molecule has 1 aliphatic rings. The van der Waals surface area contributed by atoms with E-state index in [1.807, 2.05) is 30.6 Å². The van der Waals surface area contributed by atoms with E-state index in [1.165, 1.54) is 11.5 Å². The Labute approximate surface area is 142 Å². The molecule has 0 spiro atoms. The van der Waals surface area contributed by atoms with Crippen molar-refractivity contribution in [2.45, 2.75) is 30.5 Å². The molecule has 1 N–H and O–H groups in total. The summed E-state index contributed by atoms with van der Waals surface area (Å²) >= 11 is 6.32. The first-order valence-corrected chi connectivity index (χ1v) is 9.85. The normalized spacial score (nSPS) is 22.8. The van der Waals surface area contributed by atoms with E-state index in [1.54, 1.807) is 7.11 Å². The van der Waals surface area contributed by atoms with E-state index in [0.29, 0.717) is 17.1 Å². The number of nitrogens with one attached hydrogen (secondary N) is 1.